The van der Waals surface area contributed by atoms with Gasteiger partial charge in [-0.05, 0) is 25.9 Å². The normalized spacial score (nSPS) is 15.6. The van der Waals surface area contributed by atoms with Gasteiger partial charge < -0.3 is 15.3 Å². The molecule has 0 amide bonds. The van der Waals surface area contributed by atoms with E-state index < -0.39 is 10.9 Å². The maximum Gasteiger partial charge on any atom is 0.337 e. The van der Waals surface area contributed by atoms with E-state index in [0.717, 1.165) is 31.9 Å². The quantitative estimate of drug-likeness (QED) is 0.605. The van der Waals surface area contributed by atoms with Crippen molar-refractivity contribution in [2.75, 3.05) is 31.5 Å². The van der Waals surface area contributed by atoms with Crippen molar-refractivity contribution in [1.29, 1.82) is 0 Å². The van der Waals surface area contributed by atoms with Gasteiger partial charge in [-0.3, -0.25) is 10.1 Å². The van der Waals surface area contributed by atoms with Crippen LogP contribution >= 0.6 is 0 Å². The number of hydrogen-bond donors (Lipinski definition) is 2. The van der Waals surface area contributed by atoms with Crippen LogP contribution in [0.5, 0.6) is 0 Å². The maximum atomic E-state index is 11.0. The fourth-order valence-electron chi connectivity index (χ4n) is 2.36. The smallest absolute Gasteiger partial charge is 0.337 e. The first-order valence-corrected chi connectivity index (χ1v) is 6.92. The predicted octanol–water partition coefficient (Wildman–Crippen LogP) is 1.59. The van der Waals surface area contributed by atoms with Gasteiger partial charge in [0.15, 0.2) is 0 Å². The van der Waals surface area contributed by atoms with Crippen LogP contribution in [-0.2, 0) is 0 Å². The number of anilines is 1. The number of carboxylic acids is 1. The molecule has 2 rings (SSSR count). The van der Waals surface area contributed by atoms with E-state index in [0.29, 0.717) is 6.54 Å². The van der Waals surface area contributed by atoms with Crippen LogP contribution in [0.15, 0.2) is 12.3 Å². The Balaban J connectivity index is 1.98. The van der Waals surface area contributed by atoms with E-state index in [1.165, 1.54) is 19.3 Å². The Hall–Kier alpha value is -2.22. The summed E-state index contributed by atoms with van der Waals surface area (Å²) in [5.41, 5.74) is -0.503. The van der Waals surface area contributed by atoms with Crippen molar-refractivity contribution >= 4 is 17.5 Å². The average Bonchev–Trinajstić information content (AvgIpc) is 2.48. The molecule has 1 fully saturated rings. The molecule has 2 N–H and O–H groups in total. The molecular weight excluding hydrogens is 276 g/mol. The minimum Gasteiger partial charge on any atom is -0.478 e. The highest BCUT2D eigenvalue weighted by Crippen LogP contribution is 2.22. The van der Waals surface area contributed by atoms with Gasteiger partial charge in [-0.25, -0.2) is 9.78 Å². The Morgan fingerprint density at radius 3 is 2.76 bits per heavy atom. The van der Waals surface area contributed by atoms with Gasteiger partial charge in [0.25, 0.3) is 0 Å². The Morgan fingerprint density at radius 1 is 1.43 bits per heavy atom. The standard InChI is InChI=1S/C13H18N4O4/c18-13(19)10-8-11(17(20)21)12(15-9-10)14-4-7-16-5-2-1-3-6-16/h8-9H,1-7H2,(H,14,15)(H,18,19). The maximum absolute atomic E-state index is 11.0. The van der Waals surface area contributed by atoms with Crippen molar-refractivity contribution in [3.05, 3.63) is 27.9 Å². The van der Waals surface area contributed by atoms with Crippen molar-refractivity contribution in [1.82, 2.24) is 9.88 Å². The summed E-state index contributed by atoms with van der Waals surface area (Å²) in [6, 6.07) is 1.03. The summed E-state index contributed by atoms with van der Waals surface area (Å²) in [6.07, 6.45) is 4.75. The number of carboxylic acid groups (broad SMARTS) is 1. The molecule has 8 nitrogen and oxygen atoms in total. The van der Waals surface area contributed by atoms with Gasteiger partial charge in [-0.1, -0.05) is 6.42 Å². The summed E-state index contributed by atoms with van der Waals surface area (Å²) in [4.78, 5) is 27.3. The molecule has 1 aromatic heterocycles. The number of aromatic nitrogens is 1. The zero-order valence-electron chi connectivity index (χ0n) is 11.6. The van der Waals surface area contributed by atoms with E-state index in [4.69, 9.17) is 5.11 Å². The number of carbonyl (C=O) groups is 1. The number of rotatable bonds is 6. The lowest BCUT2D eigenvalue weighted by atomic mass is 10.1. The van der Waals surface area contributed by atoms with Gasteiger partial charge in [-0.2, -0.15) is 0 Å². The van der Waals surface area contributed by atoms with Crippen LogP contribution in [0.2, 0.25) is 0 Å². The number of nitrogens with zero attached hydrogens (tertiary/aromatic N) is 3. The molecule has 114 valence electrons. The molecule has 8 heteroatoms. The molecule has 0 saturated carbocycles. The van der Waals surface area contributed by atoms with Gasteiger partial charge in [0.1, 0.15) is 0 Å². The molecule has 2 heterocycles. The molecule has 1 aliphatic rings. The van der Waals surface area contributed by atoms with E-state index in [9.17, 15) is 14.9 Å². The molecule has 1 aliphatic heterocycles. The monoisotopic (exact) mass is 294 g/mol. The van der Waals surface area contributed by atoms with Crippen LogP contribution in [0.25, 0.3) is 0 Å². The Bertz CT molecular complexity index is 529. The number of hydrogen-bond acceptors (Lipinski definition) is 6. The first kappa shape index (κ1) is 15.2. The van der Waals surface area contributed by atoms with Crippen LogP contribution in [0.4, 0.5) is 11.5 Å². The van der Waals surface area contributed by atoms with Crippen LogP contribution in [0.3, 0.4) is 0 Å². The summed E-state index contributed by atoms with van der Waals surface area (Å²) < 4.78 is 0. The van der Waals surface area contributed by atoms with Gasteiger partial charge >= 0.3 is 11.7 Å². The van der Waals surface area contributed by atoms with Crippen molar-refractivity contribution in [2.24, 2.45) is 0 Å². The lowest BCUT2D eigenvalue weighted by Crippen LogP contribution is -2.33. The van der Waals surface area contributed by atoms with Crippen molar-refractivity contribution in [2.45, 2.75) is 19.3 Å². The molecule has 0 aliphatic carbocycles. The van der Waals surface area contributed by atoms with Gasteiger partial charge in [0, 0.05) is 25.4 Å². The first-order valence-electron chi connectivity index (χ1n) is 6.92. The Morgan fingerprint density at radius 2 is 2.14 bits per heavy atom. The molecule has 0 spiro atoms. The third-order valence-corrected chi connectivity index (χ3v) is 3.48. The third-order valence-electron chi connectivity index (χ3n) is 3.48. The summed E-state index contributed by atoms with van der Waals surface area (Å²) in [6.45, 7) is 3.43. The van der Waals surface area contributed by atoms with E-state index in [1.807, 2.05) is 0 Å². The summed E-state index contributed by atoms with van der Waals surface area (Å²) in [5, 5.41) is 22.7. The van der Waals surface area contributed by atoms with E-state index in [2.05, 4.69) is 15.2 Å². The predicted molar refractivity (Wildman–Crippen MR) is 76.6 cm³/mol. The van der Waals surface area contributed by atoms with Crippen LogP contribution < -0.4 is 5.32 Å². The van der Waals surface area contributed by atoms with E-state index >= 15 is 0 Å². The molecular formula is C13H18N4O4. The van der Waals surface area contributed by atoms with Crippen LogP contribution in [0.1, 0.15) is 29.6 Å². The fraction of sp³-hybridized carbons (Fsp3) is 0.538. The van der Waals surface area contributed by atoms with Gasteiger partial charge in [0.2, 0.25) is 5.82 Å². The summed E-state index contributed by atoms with van der Waals surface area (Å²) >= 11 is 0. The molecule has 0 atom stereocenters. The van der Waals surface area contributed by atoms with Crippen LogP contribution in [-0.4, -0.2) is 52.1 Å². The molecule has 1 saturated heterocycles. The number of aromatic carboxylic acids is 1. The third kappa shape index (κ3) is 4.12. The average molecular weight is 294 g/mol. The second-order valence-corrected chi connectivity index (χ2v) is 4.98. The van der Waals surface area contributed by atoms with Crippen molar-refractivity contribution in [3.8, 4) is 0 Å². The molecule has 0 aromatic carbocycles. The Labute approximate surface area is 121 Å². The number of likely N-dealkylation sites (tertiary alicyclic amines) is 1. The number of pyridine rings is 1. The van der Waals surface area contributed by atoms with E-state index in [1.54, 1.807) is 0 Å². The van der Waals surface area contributed by atoms with Crippen molar-refractivity contribution < 1.29 is 14.8 Å². The highest BCUT2D eigenvalue weighted by atomic mass is 16.6. The lowest BCUT2D eigenvalue weighted by molar-refractivity contribution is -0.384. The molecule has 1 aromatic rings. The summed E-state index contributed by atoms with van der Waals surface area (Å²) in [5.74, 6) is -1.12. The zero-order valence-corrected chi connectivity index (χ0v) is 11.6. The lowest BCUT2D eigenvalue weighted by Gasteiger charge is -2.26. The molecule has 0 bridgehead atoms. The van der Waals surface area contributed by atoms with Crippen molar-refractivity contribution in [3.63, 3.8) is 0 Å². The minimum absolute atomic E-state index is 0.113. The second-order valence-electron chi connectivity index (χ2n) is 4.98. The molecule has 0 unspecified atom stereocenters. The molecule has 21 heavy (non-hydrogen) atoms. The zero-order chi connectivity index (χ0) is 15.2. The fourth-order valence-corrected chi connectivity index (χ4v) is 2.36. The topological polar surface area (TPSA) is 109 Å². The highest BCUT2D eigenvalue weighted by Gasteiger charge is 2.19. The second kappa shape index (κ2) is 6.98. The minimum atomic E-state index is -1.23. The SMILES string of the molecule is O=C(O)c1cnc(NCCN2CCCCC2)c([N+](=O)[O-])c1. The number of piperidine rings is 1. The molecule has 0 radical (unpaired) electrons. The number of nitro groups is 1. The van der Waals surface area contributed by atoms with Crippen LogP contribution in [0, 0.1) is 10.1 Å². The number of nitrogens with one attached hydrogen (secondary N) is 1. The van der Waals surface area contributed by atoms with Gasteiger partial charge in [0.05, 0.1) is 10.5 Å². The summed E-state index contributed by atoms with van der Waals surface area (Å²) in [7, 11) is 0. The van der Waals surface area contributed by atoms with E-state index in [-0.39, 0.29) is 17.1 Å². The Kier molecular flexibility index (Phi) is 5.04. The highest BCUT2D eigenvalue weighted by molar-refractivity contribution is 5.88. The largest absolute Gasteiger partial charge is 0.478 e. The van der Waals surface area contributed by atoms with Gasteiger partial charge in [-0.15, -0.1) is 0 Å². The first-order chi connectivity index (χ1) is 10.1.